The maximum atomic E-state index is 11.0. The van der Waals surface area contributed by atoms with Gasteiger partial charge < -0.3 is 21.1 Å². The van der Waals surface area contributed by atoms with Crippen molar-refractivity contribution in [2.24, 2.45) is 5.73 Å². The molecule has 1 amide bonds. The van der Waals surface area contributed by atoms with E-state index in [0.29, 0.717) is 12.1 Å². The number of hydrogen-bond acceptors (Lipinski definition) is 4. The molecular weight excluding hydrogens is 206 g/mol. The lowest BCUT2D eigenvalue weighted by molar-refractivity contribution is -0.119. The lowest BCUT2D eigenvalue weighted by Gasteiger charge is -2.15. The fourth-order valence-corrected chi connectivity index (χ4v) is 2.43. The predicted molar refractivity (Wildman–Crippen MR) is 61.0 cm³/mol. The van der Waals surface area contributed by atoms with Crippen LogP contribution in [0.5, 0.6) is 0 Å². The van der Waals surface area contributed by atoms with Crippen LogP contribution in [-0.2, 0) is 9.53 Å². The number of nitrogens with one attached hydrogen (secondary N) is 2. The molecule has 0 bridgehead atoms. The highest BCUT2D eigenvalue weighted by Gasteiger charge is 2.27. The van der Waals surface area contributed by atoms with Crippen molar-refractivity contribution in [2.75, 3.05) is 19.8 Å². The third-order valence-electron chi connectivity index (χ3n) is 3.44. The summed E-state index contributed by atoms with van der Waals surface area (Å²) in [6.45, 7) is 2.70. The summed E-state index contributed by atoms with van der Waals surface area (Å²) in [5.41, 5.74) is 5.25. The number of amides is 1. The van der Waals surface area contributed by atoms with Gasteiger partial charge in [-0.3, -0.25) is 4.79 Å². The monoisotopic (exact) mass is 227 g/mol. The van der Waals surface area contributed by atoms with Gasteiger partial charge in [0.25, 0.3) is 0 Å². The van der Waals surface area contributed by atoms with Gasteiger partial charge >= 0.3 is 0 Å². The molecule has 2 rings (SSSR count). The molecule has 2 saturated heterocycles. The van der Waals surface area contributed by atoms with Crippen molar-refractivity contribution in [1.82, 2.24) is 10.6 Å². The topological polar surface area (TPSA) is 76.4 Å². The average molecular weight is 227 g/mol. The fourth-order valence-electron chi connectivity index (χ4n) is 2.43. The molecule has 5 nitrogen and oxygen atoms in total. The third kappa shape index (κ3) is 3.17. The normalized spacial score (nSPS) is 34.4. The smallest absolute Gasteiger partial charge is 0.234 e. The molecule has 3 atom stereocenters. The third-order valence-corrected chi connectivity index (χ3v) is 3.44. The maximum Gasteiger partial charge on any atom is 0.234 e. The second-order valence-corrected chi connectivity index (χ2v) is 4.70. The molecule has 0 aromatic heterocycles. The van der Waals surface area contributed by atoms with Gasteiger partial charge in [0, 0.05) is 18.7 Å². The van der Waals surface area contributed by atoms with Gasteiger partial charge in [0.2, 0.25) is 5.91 Å². The van der Waals surface area contributed by atoms with Crippen LogP contribution in [0.25, 0.3) is 0 Å². The van der Waals surface area contributed by atoms with Gasteiger partial charge in [-0.15, -0.1) is 0 Å². The fraction of sp³-hybridized carbons (Fsp3) is 0.909. The molecule has 2 heterocycles. The Kier molecular flexibility index (Phi) is 4.15. The van der Waals surface area contributed by atoms with Crippen molar-refractivity contribution in [2.45, 2.75) is 43.8 Å². The van der Waals surface area contributed by atoms with Gasteiger partial charge in [-0.2, -0.15) is 0 Å². The first kappa shape index (κ1) is 11.8. The zero-order valence-electron chi connectivity index (χ0n) is 9.58. The van der Waals surface area contributed by atoms with Gasteiger partial charge in [0.05, 0.1) is 12.6 Å². The summed E-state index contributed by atoms with van der Waals surface area (Å²) in [7, 11) is 0. The SMILES string of the molecule is NC(=O)C1CCC(CCNC2CCOC2)N1. The molecule has 92 valence electrons. The van der Waals surface area contributed by atoms with Crippen LogP contribution in [0.15, 0.2) is 0 Å². The van der Waals surface area contributed by atoms with Crippen molar-refractivity contribution in [3.8, 4) is 0 Å². The molecular formula is C11H21N3O2. The quantitative estimate of drug-likeness (QED) is 0.584. The minimum atomic E-state index is -0.223. The summed E-state index contributed by atoms with van der Waals surface area (Å²) in [4.78, 5) is 11.0. The predicted octanol–water partition coefficient (Wildman–Crippen LogP) is -0.639. The molecule has 4 N–H and O–H groups in total. The zero-order chi connectivity index (χ0) is 11.4. The zero-order valence-corrected chi connectivity index (χ0v) is 9.58. The van der Waals surface area contributed by atoms with E-state index in [9.17, 15) is 4.79 Å². The van der Waals surface area contributed by atoms with E-state index in [1.165, 1.54) is 0 Å². The number of nitrogens with two attached hydrogens (primary N) is 1. The van der Waals surface area contributed by atoms with E-state index in [0.717, 1.165) is 45.4 Å². The Morgan fingerprint density at radius 2 is 2.31 bits per heavy atom. The largest absolute Gasteiger partial charge is 0.380 e. The molecule has 2 aliphatic rings. The summed E-state index contributed by atoms with van der Waals surface area (Å²) in [6, 6.07) is 0.848. The van der Waals surface area contributed by atoms with E-state index in [4.69, 9.17) is 10.5 Å². The van der Waals surface area contributed by atoms with E-state index >= 15 is 0 Å². The Bertz CT molecular complexity index is 241. The Labute approximate surface area is 96.1 Å². The van der Waals surface area contributed by atoms with Crippen LogP contribution in [0.4, 0.5) is 0 Å². The van der Waals surface area contributed by atoms with E-state index < -0.39 is 0 Å². The van der Waals surface area contributed by atoms with E-state index in [-0.39, 0.29) is 11.9 Å². The highest BCUT2D eigenvalue weighted by Crippen LogP contribution is 2.14. The molecule has 0 radical (unpaired) electrons. The summed E-state index contributed by atoms with van der Waals surface area (Å²) in [5, 5.41) is 6.74. The molecule has 2 aliphatic heterocycles. The number of rotatable bonds is 5. The van der Waals surface area contributed by atoms with Gasteiger partial charge in [0.1, 0.15) is 0 Å². The number of carbonyl (C=O) groups is 1. The molecule has 5 heteroatoms. The van der Waals surface area contributed by atoms with Crippen LogP contribution in [-0.4, -0.2) is 43.8 Å². The molecule has 16 heavy (non-hydrogen) atoms. The number of primary amides is 1. The molecule has 0 saturated carbocycles. The average Bonchev–Trinajstić information content (AvgIpc) is 2.87. The first-order chi connectivity index (χ1) is 7.75. The summed E-state index contributed by atoms with van der Waals surface area (Å²) in [6.07, 6.45) is 4.10. The van der Waals surface area contributed by atoms with E-state index in [1.54, 1.807) is 0 Å². The lowest BCUT2D eigenvalue weighted by atomic mass is 10.1. The molecule has 2 fully saturated rings. The highest BCUT2D eigenvalue weighted by atomic mass is 16.5. The molecule has 0 spiro atoms. The van der Waals surface area contributed by atoms with Crippen molar-refractivity contribution in [3.05, 3.63) is 0 Å². The second-order valence-electron chi connectivity index (χ2n) is 4.70. The number of ether oxygens (including phenoxy) is 1. The first-order valence-electron chi connectivity index (χ1n) is 6.12. The summed E-state index contributed by atoms with van der Waals surface area (Å²) < 4.78 is 5.29. The molecule has 0 aliphatic carbocycles. The van der Waals surface area contributed by atoms with Gasteiger partial charge in [-0.1, -0.05) is 0 Å². The maximum absolute atomic E-state index is 11.0. The van der Waals surface area contributed by atoms with Crippen molar-refractivity contribution in [1.29, 1.82) is 0 Å². The standard InChI is InChI=1S/C11H21N3O2/c12-11(15)10-2-1-8(14-10)3-5-13-9-4-6-16-7-9/h8-10,13-14H,1-7H2,(H2,12,15). The Balaban J connectivity index is 1.58. The van der Waals surface area contributed by atoms with Gasteiger partial charge in [-0.25, -0.2) is 0 Å². The van der Waals surface area contributed by atoms with Crippen molar-refractivity contribution in [3.63, 3.8) is 0 Å². The molecule has 3 unspecified atom stereocenters. The van der Waals surface area contributed by atoms with Crippen LogP contribution in [0, 0.1) is 0 Å². The Morgan fingerprint density at radius 1 is 1.44 bits per heavy atom. The minimum Gasteiger partial charge on any atom is -0.380 e. The summed E-state index contributed by atoms with van der Waals surface area (Å²) in [5.74, 6) is -0.223. The Morgan fingerprint density at radius 3 is 2.94 bits per heavy atom. The van der Waals surface area contributed by atoms with Crippen molar-refractivity contribution < 1.29 is 9.53 Å². The minimum absolute atomic E-state index is 0.111. The Hall–Kier alpha value is -0.650. The number of carbonyl (C=O) groups excluding carboxylic acids is 1. The van der Waals surface area contributed by atoms with Crippen LogP contribution in [0.2, 0.25) is 0 Å². The van der Waals surface area contributed by atoms with Crippen LogP contribution < -0.4 is 16.4 Å². The first-order valence-corrected chi connectivity index (χ1v) is 6.12. The lowest BCUT2D eigenvalue weighted by Crippen LogP contribution is -2.41. The van der Waals surface area contributed by atoms with Crippen LogP contribution >= 0.6 is 0 Å². The number of hydrogen-bond donors (Lipinski definition) is 3. The van der Waals surface area contributed by atoms with Crippen LogP contribution in [0.3, 0.4) is 0 Å². The van der Waals surface area contributed by atoms with Crippen molar-refractivity contribution >= 4 is 5.91 Å². The summed E-state index contributed by atoms with van der Waals surface area (Å²) >= 11 is 0. The molecule has 0 aromatic rings. The molecule has 0 aromatic carbocycles. The van der Waals surface area contributed by atoms with Crippen LogP contribution in [0.1, 0.15) is 25.7 Å². The second kappa shape index (κ2) is 5.61. The highest BCUT2D eigenvalue weighted by molar-refractivity contribution is 5.80. The van der Waals surface area contributed by atoms with Gasteiger partial charge in [0.15, 0.2) is 0 Å². The van der Waals surface area contributed by atoms with E-state index in [1.807, 2.05) is 0 Å². The van der Waals surface area contributed by atoms with Gasteiger partial charge in [-0.05, 0) is 32.2 Å². The van der Waals surface area contributed by atoms with E-state index in [2.05, 4.69) is 10.6 Å².